The van der Waals surface area contributed by atoms with Crippen LogP contribution < -0.4 is 9.47 Å². The van der Waals surface area contributed by atoms with Crippen molar-refractivity contribution in [2.45, 2.75) is 13.0 Å². The van der Waals surface area contributed by atoms with E-state index in [0.717, 1.165) is 4.90 Å². The Morgan fingerprint density at radius 1 is 0.854 bits per heavy atom. The second kappa shape index (κ2) is 10.7. The van der Waals surface area contributed by atoms with Crippen LogP contribution in [-0.4, -0.2) is 76.1 Å². The van der Waals surface area contributed by atoms with Crippen LogP contribution in [0.25, 0.3) is 16.9 Å². The third kappa shape index (κ3) is 4.68. The molecule has 0 aliphatic carbocycles. The molecular formula is C27H22F5N5O4. The number of aromatic nitrogens is 3. The minimum absolute atomic E-state index is 0.0529. The van der Waals surface area contributed by atoms with Crippen molar-refractivity contribution in [1.29, 1.82) is 0 Å². The quantitative estimate of drug-likeness (QED) is 0.202. The summed E-state index contributed by atoms with van der Waals surface area (Å²) in [7, 11) is 3.02. The Kier molecular flexibility index (Phi) is 7.24. The zero-order valence-corrected chi connectivity index (χ0v) is 21.9. The fourth-order valence-corrected chi connectivity index (χ4v) is 4.76. The fraction of sp³-hybridized carbons (Fsp3) is 0.259. The number of nitrogens with zero attached hydrogens (tertiary/aromatic N) is 5. The lowest BCUT2D eigenvalue weighted by Gasteiger charge is -2.39. The van der Waals surface area contributed by atoms with Gasteiger partial charge >= 0.3 is 0 Å². The molecule has 0 bridgehead atoms. The molecule has 0 saturated carbocycles. The number of fused-ring (bicyclic) bond motifs is 1. The summed E-state index contributed by atoms with van der Waals surface area (Å²) in [6.45, 7) is 1.12. The van der Waals surface area contributed by atoms with E-state index in [-0.39, 0.29) is 25.3 Å². The van der Waals surface area contributed by atoms with Gasteiger partial charge in [-0.05, 0) is 31.2 Å². The van der Waals surface area contributed by atoms with Gasteiger partial charge in [0.25, 0.3) is 11.8 Å². The molecule has 1 fully saturated rings. The van der Waals surface area contributed by atoms with Gasteiger partial charge in [0.15, 0.2) is 46.1 Å². The van der Waals surface area contributed by atoms with E-state index < -0.39 is 52.5 Å². The van der Waals surface area contributed by atoms with Crippen LogP contribution in [0.1, 0.15) is 27.8 Å². The smallest absolute Gasteiger partial charge is 0.274 e. The predicted octanol–water partition coefficient (Wildman–Crippen LogP) is 4.10. The molecule has 41 heavy (non-hydrogen) atoms. The van der Waals surface area contributed by atoms with Crippen LogP contribution in [0.15, 0.2) is 36.5 Å². The Hall–Kier alpha value is -4.75. The summed E-state index contributed by atoms with van der Waals surface area (Å²) in [5, 5.41) is 4.43. The van der Waals surface area contributed by atoms with Gasteiger partial charge in [-0.3, -0.25) is 9.59 Å². The summed E-state index contributed by atoms with van der Waals surface area (Å²) in [5.41, 5.74) is 0.223. The molecule has 0 radical (unpaired) electrons. The average molecular weight is 575 g/mol. The first kappa shape index (κ1) is 27.8. The maximum atomic E-state index is 14.2. The normalized spacial score (nSPS) is 15.4. The van der Waals surface area contributed by atoms with Gasteiger partial charge in [0.2, 0.25) is 5.82 Å². The first-order valence-electron chi connectivity index (χ1n) is 12.3. The summed E-state index contributed by atoms with van der Waals surface area (Å²) in [6, 6.07) is 7.66. The number of hydrogen-bond donors (Lipinski definition) is 0. The molecule has 0 N–H and O–H groups in total. The van der Waals surface area contributed by atoms with Crippen molar-refractivity contribution < 1.29 is 41.0 Å². The molecule has 14 heteroatoms. The van der Waals surface area contributed by atoms with Crippen LogP contribution in [0.2, 0.25) is 0 Å². The lowest BCUT2D eigenvalue weighted by atomic mass is 10.1. The van der Waals surface area contributed by atoms with Crippen LogP contribution in [0.3, 0.4) is 0 Å². The van der Waals surface area contributed by atoms with E-state index in [9.17, 15) is 31.5 Å². The summed E-state index contributed by atoms with van der Waals surface area (Å²) in [6.07, 6.45) is 1.56. The summed E-state index contributed by atoms with van der Waals surface area (Å²) in [5.74, 6) is -12.0. The van der Waals surface area contributed by atoms with Crippen LogP contribution >= 0.6 is 0 Å². The SMILES string of the molecule is COc1ccc(-c2ccnc3cc(C(=O)N4CCN(C(=O)c5c(F)c(F)c(F)c(F)c5F)[C@@H](C)C4)nn23)cc1OC. The third-order valence-electron chi connectivity index (χ3n) is 6.86. The van der Waals surface area contributed by atoms with Crippen LogP contribution in [0.5, 0.6) is 11.5 Å². The van der Waals surface area contributed by atoms with Crippen molar-refractivity contribution in [2.24, 2.45) is 0 Å². The van der Waals surface area contributed by atoms with Crippen molar-refractivity contribution in [1.82, 2.24) is 24.4 Å². The topological polar surface area (TPSA) is 89.3 Å². The molecule has 9 nitrogen and oxygen atoms in total. The molecule has 214 valence electrons. The Balaban J connectivity index is 1.38. The molecule has 1 saturated heterocycles. The van der Waals surface area contributed by atoms with E-state index in [0.29, 0.717) is 28.4 Å². The minimum atomic E-state index is -2.35. The van der Waals surface area contributed by atoms with Gasteiger partial charge in [0, 0.05) is 43.5 Å². The number of ether oxygens (including phenoxy) is 2. The molecule has 1 aliphatic rings. The molecule has 2 amide bonds. The number of carbonyl (C=O) groups is 2. The monoisotopic (exact) mass is 575 g/mol. The second-order valence-corrected chi connectivity index (χ2v) is 9.24. The van der Waals surface area contributed by atoms with Gasteiger partial charge in [0.1, 0.15) is 5.56 Å². The van der Waals surface area contributed by atoms with Gasteiger partial charge in [-0.25, -0.2) is 31.5 Å². The molecule has 1 atom stereocenters. The van der Waals surface area contributed by atoms with E-state index in [1.165, 1.54) is 36.6 Å². The van der Waals surface area contributed by atoms with Gasteiger partial charge in [-0.2, -0.15) is 5.10 Å². The molecule has 4 aromatic rings. The summed E-state index contributed by atoms with van der Waals surface area (Å²) < 4.78 is 81.4. The number of carbonyl (C=O) groups excluding carboxylic acids is 2. The first-order chi connectivity index (χ1) is 19.6. The van der Waals surface area contributed by atoms with Gasteiger partial charge in [0.05, 0.1) is 19.9 Å². The van der Waals surface area contributed by atoms with E-state index in [2.05, 4.69) is 10.1 Å². The molecule has 2 aromatic heterocycles. The minimum Gasteiger partial charge on any atom is -0.493 e. The van der Waals surface area contributed by atoms with Gasteiger partial charge in [-0.15, -0.1) is 0 Å². The highest BCUT2D eigenvalue weighted by Gasteiger charge is 2.37. The number of piperazine rings is 1. The molecule has 2 aromatic carbocycles. The Labute approximate surface area is 229 Å². The fourth-order valence-electron chi connectivity index (χ4n) is 4.76. The Morgan fingerprint density at radius 2 is 1.51 bits per heavy atom. The van der Waals surface area contributed by atoms with Gasteiger partial charge in [-0.1, -0.05) is 0 Å². The van der Waals surface area contributed by atoms with E-state index in [4.69, 9.17) is 9.47 Å². The number of benzene rings is 2. The number of halogens is 5. The van der Waals surface area contributed by atoms with Crippen molar-refractivity contribution in [3.63, 3.8) is 0 Å². The highest BCUT2D eigenvalue weighted by atomic mass is 19.2. The highest BCUT2D eigenvalue weighted by Crippen LogP contribution is 2.32. The van der Waals surface area contributed by atoms with Crippen molar-refractivity contribution in [2.75, 3.05) is 33.9 Å². The predicted molar refractivity (Wildman–Crippen MR) is 134 cm³/mol. The molecule has 5 rings (SSSR count). The standard InChI is InChI=1S/C27H22F5N5O4/c1-13-12-35(8-9-36(13)27(39)20-21(28)23(30)25(32)24(31)22(20)29)26(38)15-11-19-33-7-6-16(37(19)34-15)14-4-5-17(40-2)18(10-14)41-3/h4-7,10-11,13H,8-9,12H2,1-3H3/t13-/m0/s1. The molecule has 1 aliphatic heterocycles. The maximum absolute atomic E-state index is 14.2. The lowest BCUT2D eigenvalue weighted by molar-refractivity contribution is 0.0403. The largest absolute Gasteiger partial charge is 0.493 e. The van der Waals surface area contributed by atoms with Crippen LogP contribution in [0, 0.1) is 29.1 Å². The lowest BCUT2D eigenvalue weighted by Crippen LogP contribution is -2.55. The number of amides is 2. The maximum Gasteiger partial charge on any atom is 0.274 e. The summed E-state index contributed by atoms with van der Waals surface area (Å²) >= 11 is 0. The summed E-state index contributed by atoms with van der Waals surface area (Å²) in [4.78, 5) is 32.8. The van der Waals surface area contributed by atoms with E-state index >= 15 is 0 Å². The number of rotatable bonds is 5. The van der Waals surface area contributed by atoms with Crippen LogP contribution in [0.4, 0.5) is 22.0 Å². The van der Waals surface area contributed by atoms with Crippen molar-refractivity contribution in [3.8, 4) is 22.8 Å². The highest BCUT2D eigenvalue weighted by molar-refractivity contribution is 5.96. The Bertz CT molecular complexity index is 1670. The molecule has 0 spiro atoms. The van der Waals surface area contributed by atoms with E-state index in [1.54, 1.807) is 30.5 Å². The number of methoxy groups -OCH3 is 2. The van der Waals surface area contributed by atoms with Gasteiger partial charge < -0.3 is 19.3 Å². The van der Waals surface area contributed by atoms with E-state index in [1.807, 2.05) is 0 Å². The van der Waals surface area contributed by atoms with Crippen molar-refractivity contribution in [3.05, 3.63) is 76.9 Å². The zero-order valence-electron chi connectivity index (χ0n) is 21.9. The zero-order chi connectivity index (χ0) is 29.6. The first-order valence-corrected chi connectivity index (χ1v) is 12.3. The molecule has 3 heterocycles. The Morgan fingerprint density at radius 3 is 2.15 bits per heavy atom. The van der Waals surface area contributed by atoms with Crippen LogP contribution in [-0.2, 0) is 0 Å². The molecule has 0 unspecified atom stereocenters. The molecular weight excluding hydrogens is 553 g/mol. The number of hydrogen-bond acceptors (Lipinski definition) is 6. The van der Waals surface area contributed by atoms with Crippen molar-refractivity contribution >= 4 is 17.5 Å². The average Bonchev–Trinajstić information content (AvgIpc) is 3.43. The second-order valence-electron chi connectivity index (χ2n) is 9.24. The third-order valence-corrected chi connectivity index (χ3v) is 6.86.